The van der Waals surface area contributed by atoms with Crippen LogP contribution in [0, 0.1) is 17.1 Å². The van der Waals surface area contributed by atoms with Gasteiger partial charge in [-0.05, 0) is 12.1 Å². The van der Waals surface area contributed by atoms with Crippen LogP contribution in [0.1, 0.15) is 20.8 Å². The average molecular weight is 277 g/mol. The minimum atomic E-state index is -1.01. The quantitative estimate of drug-likeness (QED) is 0.932. The van der Waals surface area contributed by atoms with Crippen molar-refractivity contribution < 1.29 is 19.0 Å². The monoisotopic (exact) mass is 277 g/mol. The van der Waals surface area contributed by atoms with E-state index in [-0.39, 0.29) is 17.0 Å². The van der Waals surface area contributed by atoms with Gasteiger partial charge in [0.2, 0.25) is 0 Å². The Morgan fingerprint density at radius 1 is 1.47 bits per heavy atom. The van der Waals surface area contributed by atoms with E-state index in [0.29, 0.717) is 11.3 Å². The molecule has 0 saturated carbocycles. The van der Waals surface area contributed by atoms with Crippen LogP contribution in [0.4, 0.5) is 4.39 Å². The molecule has 0 spiro atoms. The maximum atomic E-state index is 12.9. The van der Waals surface area contributed by atoms with Crippen LogP contribution in [0.15, 0.2) is 29.6 Å². The van der Waals surface area contributed by atoms with Gasteiger partial charge in [0, 0.05) is 17.0 Å². The number of halogens is 1. The van der Waals surface area contributed by atoms with Crippen molar-refractivity contribution in [3.63, 3.8) is 0 Å². The van der Waals surface area contributed by atoms with Crippen LogP contribution in [-0.2, 0) is 6.61 Å². The zero-order chi connectivity index (χ0) is 13.8. The van der Waals surface area contributed by atoms with Crippen molar-refractivity contribution >= 4 is 17.3 Å². The molecule has 1 aromatic carbocycles. The summed E-state index contributed by atoms with van der Waals surface area (Å²) in [5.41, 5.74) is 0.751. The van der Waals surface area contributed by atoms with Gasteiger partial charge in [-0.25, -0.2) is 9.18 Å². The Morgan fingerprint density at radius 2 is 2.26 bits per heavy atom. The minimum absolute atomic E-state index is 0.0823. The summed E-state index contributed by atoms with van der Waals surface area (Å²) in [4.78, 5) is 10.9. The van der Waals surface area contributed by atoms with Gasteiger partial charge in [0.15, 0.2) is 0 Å². The fraction of sp³-hybridized carbons (Fsp3) is 0.0769. The molecule has 4 nitrogen and oxygen atoms in total. The Balaban J connectivity index is 2.10. The SMILES string of the molecule is N#Cc1cc(F)ccc1COc1csc(C(=O)O)c1. The van der Waals surface area contributed by atoms with Crippen LogP contribution < -0.4 is 4.74 Å². The van der Waals surface area contributed by atoms with Gasteiger partial charge in [0.1, 0.15) is 23.1 Å². The summed E-state index contributed by atoms with van der Waals surface area (Å²) in [6, 6.07) is 7.14. The van der Waals surface area contributed by atoms with E-state index in [2.05, 4.69) is 0 Å². The van der Waals surface area contributed by atoms with Crippen molar-refractivity contribution in [2.45, 2.75) is 6.61 Å². The van der Waals surface area contributed by atoms with Gasteiger partial charge in [-0.1, -0.05) is 6.07 Å². The minimum Gasteiger partial charge on any atom is -0.488 e. The van der Waals surface area contributed by atoms with Crippen LogP contribution >= 0.6 is 11.3 Å². The van der Waals surface area contributed by atoms with E-state index >= 15 is 0 Å². The first kappa shape index (κ1) is 13.1. The molecule has 0 saturated heterocycles. The van der Waals surface area contributed by atoms with Crippen molar-refractivity contribution in [2.75, 3.05) is 0 Å². The second-order valence-electron chi connectivity index (χ2n) is 3.65. The molecule has 6 heteroatoms. The summed E-state index contributed by atoms with van der Waals surface area (Å²) in [5.74, 6) is -1.08. The van der Waals surface area contributed by atoms with E-state index < -0.39 is 11.8 Å². The lowest BCUT2D eigenvalue weighted by molar-refractivity contribution is 0.0702. The molecule has 0 aliphatic heterocycles. The smallest absolute Gasteiger partial charge is 0.346 e. The summed E-state index contributed by atoms with van der Waals surface area (Å²) >= 11 is 1.06. The topological polar surface area (TPSA) is 70.3 Å². The Labute approximate surface area is 112 Å². The van der Waals surface area contributed by atoms with Crippen LogP contribution in [0.3, 0.4) is 0 Å². The number of nitriles is 1. The molecular formula is C13H8FNO3S. The number of nitrogens with zero attached hydrogens (tertiary/aromatic N) is 1. The molecule has 0 atom stereocenters. The first-order valence-electron chi connectivity index (χ1n) is 5.23. The third-order valence-corrected chi connectivity index (χ3v) is 3.27. The van der Waals surface area contributed by atoms with Gasteiger partial charge in [-0.3, -0.25) is 0 Å². The van der Waals surface area contributed by atoms with Crippen molar-refractivity contribution in [3.05, 3.63) is 51.5 Å². The van der Waals surface area contributed by atoms with Gasteiger partial charge in [-0.15, -0.1) is 11.3 Å². The Kier molecular flexibility index (Phi) is 3.78. The lowest BCUT2D eigenvalue weighted by atomic mass is 10.1. The third kappa shape index (κ3) is 3.09. The number of rotatable bonds is 4. The number of carboxylic acids is 1. The van der Waals surface area contributed by atoms with Crippen LogP contribution in [0.2, 0.25) is 0 Å². The molecule has 2 rings (SSSR count). The normalized spacial score (nSPS) is 9.89. The lowest BCUT2D eigenvalue weighted by Crippen LogP contribution is -1.98. The van der Waals surface area contributed by atoms with E-state index in [1.165, 1.54) is 18.2 Å². The highest BCUT2D eigenvalue weighted by molar-refractivity contribution is 7.12. The van der Waals surface area contributed by atoms with E-state index in [1.807, 2.05) is 6.07 Å². The first-order chi connectivity index (χ1) is 9.10. The van der Waals surface area contributed by atoms with E-state index in [0.717, 1.165) is 17.4 Å². The summed E-state index contributed by atoms with van der Waals surface area (Å²) in [7, 11) is 0. The van der Waals surface area contributed by atoms with Crippen molar-refractivity contribution in [1.82, 2.24) is 0 Å². The molecule has 1 heterocycles. The van der Waals surface area contributed by atoms with Crippen LogP contribution in [-0.4, -0.2) is 11.1 Å². The Hall–Kier alpha value is -2.39. The molecular weight excluding hydrogens is 269 g/mol. The van der Waals surface area contributed by atoms with E-state index in [1.54, 1.807) is 5.38 Å². The lowest BCUT2D eigenvalue weighted by Gasteiger charge is -2.05. The zero-order valence-corrected chi connectivity index (χ0v) is 10.4. The predicted octanol–water partition coefficient (Wildman–Crippen LogP) is 3.04. The molecule has 0 aliphatic rings. The van der Waals surface area contributed by atoms with Gasteiger partial charge in [0.05, 0.1) is 11.6 Å². The molecule has 19 heavy (non-hydrogen) atoms. The number of aromatic carboxylic acids is 1. The van der Waals surface area contributed by atoms with Gasteiger partial charge >= 0.3 is 5.97 Å². The molecule has 0 radical (unpaired) electrons. The van der Waals surface area contributed by atoms with Gasteiger partial charge in [0.25, 0.3) is 0 Å². The summed E-state index contributed by atoms with van der Waals surface area (Å²) in [6.07, 6.45) is 0. The van der Waals surface area contributed by atoms with Crippen molar-refractivity contribution in [2.24, 2.45) is 0 Å². The number of hydrogen-bond acceptors (Lipinski definition) is 4. The predicted molar refractivity (Wildman–Crippen MR) is 66.7 cm³/mol. The largest absolute Gasteiger partial charge is 0.488 e. The highest BCUT2D eigenvalue weighted by Gasteiger charge is 2.09. The standard InChI is InChI=1S/C13H8FNO3S/c14-10-2-1-8(9(3-10)5-15)6-18-11-4-12(13(16)17)19-7-11/h1-4,7H,6H2,(H,16,17). The molecule has 0 bridgehead atoms. The maximum absolute atomic E-state index is 12.9. The number of ether oxygens (including phenoxy) is 1. The average Bonchev–Trinajstić information content (AvgIpc) is 2.86. The molecule has 1 N–H and O–H groups in total. The highest BCUT2D eigenvalue weighted by Crippen LogP contribution is 2.23. The Bertz CT molecular complexity index is 660. The third-order valence-electron chi connectivity index (χ3n) is 2.37. The number of thiophene rings is 1. The number of benzene rings is 1. The summed E-state index contributed by atoms with van der Waals surface area (Å²) in [6.45, 7) is 0.0823. The second kappa shape index (κ2) is 5.50. The fourth-order valence-electron chi connectivity index (χ4n) is 1.45. The molecule has 96 valence electrons. The molecule has 2 aromatic rings. The van der Waals surface area contributed by atoms with Crippen LogP contribution in [0.5, 0.6) is 5.75 Å². The Morgan fingerprint density at radius 3 is 2.89 bits per heavy atom. The molecule has 0 aliphatic carbocycles. The summed E-state index contributed by atoms with van der Waals surface area (Å²) in [5, 5.41) is 19.2. The number of carbonyl (C=O) groups is 1. The first-order valence-corrected chi connectivity index (χ1v) is 6.11. The molecule has 1 aromatic heterocycles. The van der Waals surface area contributed by atoms with E-state index in [4.69, 9.17) is 15.1 Å². The second-order valence-corrected chi connectivity index (χ2v) is 4.56. The van der Waals surface area contributed by atoms with Gasteiger partial charge in [-0.2, -0.15) is 5.26 Å². The molecule has 0 amide bonds. The van der Waals surface area contributed by atoms with E-state index in [9.17, 15) is 9.18 Å². The maximum Gasteiger partial charge on any atom is 0.346 e. The van der Waals surface area contributed by atoms with Crippen LogP contribution in [0.25, 0.3) is 0 Å². The summed E-state index contributed by atoms with van der Waals surface area (Å²) < 4.78 is 18.3. The van der Waals surface area contributed by atoms with Crippen molar-refractivity contribution in [1.29, 1.82) is 5.26 Å². The number of hydrogen-bond donors (Lipinski definition) is 1. The number of carboxylic acid groups (broad SMARTS) is 1. The fourth-order valence-corrected chi connectivity index (χ4v) is 2.11. The molecule has 0 fully saturated rings. The highest BCUT2D eigenvalue weighted by atomic mass is 32.1. The van der Waals surface area contributed by atoms with Crippen molar-refractivity contribution in [3.8, 4) is 11.8 Å². The zero-order valence-electron chi connectivity index (χ0n) is 9.59. The molecule has 0 unspecified atom stereocenters. The van der Waals surface area contributed by atoms with Gasteiger partial charge < -0.3 is 9.84 Å².